The van der Waals surface area contributed by atoms with Crippen molar-refractivity contribution < 1.29 is 9.13 Å². The van der Waals surface area contributed by atoms with Gasteiger partial charge in [0, 0.05) is 6.61 Å². The van der Waals surface area contributed by atoms with Crippen molar-refractivity contribution in [3.05, 3.63) is 29.8 Å². The van der Waals surface area contributed by atoms with E-state index in [2.05, 4.69) is 9.97 Å². The van der Waals surface area contributed by atoms with Gasteiger partial charge in [0.05, 0.1) is 11.0 Å². The quantitative estimate of drug-likeness (QED) is 0.813. The Morgan fingerprint density at radius 2 is 2.36 bits per heavy atom. The van der Waals surface area contributed by atoms with Crippen molar-refractivity contribution in [3.63, 3.8) is 0 Å². The lowest BCUT2D eigenvalue weighted by atomic mass is 10.3. The Morgan fingerprint density at radius 3 is 3.14 bits per heavy atom. The predicted molar refractivity (Wildman–Crippen MR) is 51.4 cm³/mol. The molecule has 0 amide bonds. The first-order valence-corrected chi connectivity index (χ1v) is 4.51. The minimum atomic E-state index is -0.260. The van der Waals surface area contributed by atoms with Crippen LogP contribution >= 0.6 is 0 Å². The number of rotatable bonds is 3. The summed E-state index contributed by atoms with van der Waals surface area (Å²) in [6.45, 7) is 3.00. The first-order chi connectivity index (χ1) is 6.79. The third-order valence-corrected chi connectivity index (χ3v) is 1.94. The summed E-state index contributed by atoms with van der Waals surface area (Å²) in [6.07, 6.45) is 0. The summed E-state index contributed by atoms with van der Waals surface area (Å²) in [6, 6.07) is 4.47. The lowest BCUT2D eigenvalue weighted by Gasteiger charge is -1.94. The number of nitrogens with zero attached hydrogens (tertiary/aromatic N) is 1. The summed E-state index contributed by atoms with van der Waals surface area (Å²) in [4.78, 5) is 7.24. The molecular formula is C10H11FN2O. The van der Waals surface area contributed by atoms with Gasteiger partial charge in [0.15, 0.2) is 0 Å². The molecule has 1 aromatic carbocycles. The van der Waals surface area contributed by atoms with E-state index in [1.54, 1.807) is 6.07 Å². The van der Waals surface area contributed by atoms with Gasteiger partial charge < -0.3 is 9.72 Å². The molecule has 14 heavy (non-hydrogen) atoms. The van der Waals surface area contributed by atoms with Crippen LogP contribution in [0.25, 0.3) is 11.0 Å². The summed E-state index contributed by atoms with van der Waals surface area (Å²) in [5, 5.41) is 0. The highest BCUT2D eigenvalue weighted by molar-refractivity contribution is 5.74. The zero-order chi connectivity index (χ0) is 9.97. The molecule has 1 N–H and O–H groups in total. The highest BCUT2D eigenvalue weighted by Crippen LogP contribution is 2.13. The number of benzene rings is 1. The zero-order valence-corrected chi connectivity index (χ0v) is 7.88. The maximum absolute atomic E-state index is 12.8. The second-order valence-electron chi connectivity index (χ2n) is 2.98. The van der Waals surface area contributed by atoms with E-state index in [1.165, 1.54) is 12.1 Å². The Morgan fingerprint density at radius 1 is 1.50 bits per heavy atom. The van der Waals surface area contributed by atoms with Crippen molar-refractivity contribution in [1.82, 2.24) is 9.97 Å². The monoisotopic (exact) mass is 194 g/mol. The van der Waals surface area contributed by atoms with Gasteiger partial charge in [-0.25, -0.2) is 9.37 Å². The largest absolute Gasteiger partial charge is 0.374 e. The number of aromatic amines is 1. The van der Waals surface area contributed by atoms with Crippen LogP contribution in [0.5, 0.6) is 0 Å². The number of hydrogen-bond donors (Lipinski definition) is 1. The van der Waals surface area contributed by atoms with Gasteiger partial charge in [-0.2, -0.15) is 0 Å². The van der Waals surface area contributed by atoms with E-state index in [0.717, 1.165) is 11.3 Å². The molecule has 3 nitrogen and oxygen atoms in total. The van der Waals surface area contributed by atoms with Crippen LogP contribution in [0.1, 0.15) is 12.7 Å². The fourth-order valence-electron chi connectivity index (χ4n) is 1.30. The Kier molecular flexibility index (Phi) is 2.45. The molecule has 0 saturated heterocycles. The van der Waals surface area contributed by atoms with E-state index >= 15 is 0 Å². The molecule has 2 aromatic rings. The van der Waals surface area contributed by atoms with E-state index in [-0.39, 0.29) is 5.82 Å². The molecule has 0 bridgehead atoms. The molecule has 0 aliphatic carbocycles. The summed E-state index contributed by atoms with van der Waals surface area (Å²) >= 11 is 0. The van der Waals surface area contributed by atoms with Gasteiger partial charge in [-0.3, -0.25) is 0 Å². The molecule has 0 atom stereocenters. The van der Waals surface area contributed by atoms with Gasteiger partial charge in [0.25, 0.3) is 0 Å². The van der Waals surface area contributed by atoms with Crippen LogP contribution in [0, 0.1) is 5.82 Å². The topological polar surface area (TPSA) is 37.9 Å². The smallest absolute Gasteiger partial charge is 0.133 e. The van der Waals surface area contributed by atoms with Gasteiger partial charge >= 0.3 is 0 Å². The highest BCUT2D eigenvalue weighted by Gasteiger charge is 2.02. The Labute approximate surface area is 80.9 Å². The number of H-pyrrole nitrogens is 1. The second kappa shape index (κ2) is 3.75. The van der Waals surface area contributed by atoms with Gasteiger partial charge in [-0.1, -0.05) is 0 Å². The minimum Gasteiger partial charge on any atom is -0.374 e. The van der Waals surface area contributed by atoms with Crippen LogP contribution < -0.4 is 0 Å². The fourth-order valence-corrected chi connectivity index (χ4v) is 1.30. The van der Waals surface area contributed by atoms with Crippen LogP contribution in [-0.2, 0) is 11.3 Å². The lowest BCUT2D eigenvalue weighted by Crippen LogP contribution is -1.93. The minimum absolute atomic E-state index is 0.260. The van der Waals surface area contributed by atoms with E-state index in [4.69, 9.17) is 4.74 Å². The Bertz CT molecular complexity index is 439. The van der Waals surface area contributed by atoms with Crippen molar-refractivity contribution in [2.75, 3.05) is 6.61 Å². The molecule has 74 valence electrons. The van der Waals surface area contributed by atoms with Crippen LogP contribution in [-0.4, -0.2) is 16.6 Å². The third kappa shape index (κ3) is 1.75. The predicted octanol–water partition coefficient (Wildman–Crippen LogP) is 2.24. The number of fused-ring (bicyclic) bond motifs is 1. The second-order valence-corrected chi connectivity index (χ2v) is 2.98. The van der Waals surface area contributed by atoms with E-state index in [0.29, 0.717) is 18.7 Å². The molecule has 0 spiro atoms. The number of aromatic nitrogens is 2. The molecule has 0 fully saturated rings. The van der Waals surface area contributed by atoms with Crippen LogP contribution in [0.3, 0.4) is 0 Å². The van der Waals surface area contributed by atoms with Crippen LogP contribution in [0.15, 0.2) is 18.2 Å². The van der Waals surface area contributed by atoms with Gasteiger partial charge in [0.2, 0.25) is 0 Å². The summed E-state index contributed by atoms with van der Waals surface area (Å²) < 4.78 is 18.0. The van der Waals surface area contributed by atoms with E-state index < -0.39 is 0 Å². The van der Waals surface area contributed by atoms with Crippen molar-refractivity contribution in [2.45, 2.75) is 13.5 Å². The van der Waals surface area contributed by atoms with Crippen molar-refractivity contribution in [3.8, 4) is 0 Å². The number of nitrogens with one attached hydrogen (secondary N) is 1. The number of halogens is 1. The zero-order valence-electron chi connectivity index (χ0n) is 7.88. The Balaban J connectivity index is 2.32. The van der Waals surface area contributed by atoms with Crippen molar-refractivity contribution in [1.29, 1.82) is 0 Å². The maximum atomic E-state index is 12.8. The average molecular weight is 194 g/mol. The molecule has 0 saturated carbocycles. The molecule has 0 aliphatic rings. The summed E-state index contributed by atoms with van der Waals surface area (Å²) in [5.41, 5.74) is 1.47. The first-order valence-electron chi connectivity index (χ1n) is 4.51. The first kappa shape index (κ1) is 9.15. The maximum Gasteiger partial charge on any atom is 0.133 e. The average Bonchev–Trinajstić information content (AvgIpc) is 2.56. The number of hydrogen-bond acceptors (Lipinski definition) is 2. The Hall–Kier alpha value is -1.42. The van der Waals surface area contributed by atoms with Crippen LogP contribution in [0.4, 0.5) is 4.39 Å². The fraction of sp³-hybridized carbons (Fsp3) is 0.300. The molecule has 0 aliphatic heterocycles. The van der Waals surface area contributed by atoms with Gasteiger partial charge in [-0.05, 0) is 25.1 Å². The van der Waals surface area contributed by atoms with Crippen molar-refractivity contribution >= 4 is 11.0 Å². The van der Waals surface area contributed by atoms with Gasteiger partial charge in [-0.15, -0.1) is 0 Å². The highest BCUT2D eigenvalue weighted by atomic mass is 19.1. The molecule has 1 aromatic heterocycles. The van der Waals surface area contributed by atoms with E-state index in [9.17, 15) is 4.39 Å². The molecule has 0 unspecified atom stereocenters. The molecule has 1 heterocycles. The number of imidazole rings is 1. The van der Waals surface area contributed by atoms with E-state index in [1.807, 2.05) is 6.92 Å². The summed E-state index contributed by atoms with van der Waals surface area (Å²) in [7, 11) is 0. The third-order valence-electron chi connectivity index (χ3n) is 1.94. The SMILES string of the molecule is CCOCc1nc2ccc(F)cc2[nH]1. The molecule has 2 rings (SSSR count). The normalized spacial score (nSPS) is 11.0. The standard InChI is InChI=1S/C10H11FN2O/c1-2-14-6-10-12-8-4-3-7(11)5-9(8)13-10/h3-5H,2,6H2,1H3,(H,12,13). The summed E-state index contributed by atoms with van der Waals surface area (Å²) in [5.74, 6) is 0.469. The molecule has 4 heteroatoms. The molecule has 0 radical (unpaired) electrons. The van der Waals surface area contributed by atoms with Gasteiger partial charge in [0.1, 0.15) is 18.2 Å². The number of ether oxygens (including phenoxy) is 1. The van der Waals surface area contributed by atoms with Crippen molar-refractivity contribution in [2.24, 2.45) is 0 Å². The van der Waals surface area contributed by atoms with Crippen LogP contribution in [0.2, 0.25) is 0 Å². The lowest BCUT2D eigenvalue weighted by molar-refractivity contribution is 0.129. The molecular weight excluding hydrogens is 183 g/mol.